The van der Waals surface area contributed by atoms with E-state index < -0.39 is 7.12 Å². The van der Waals surface area contributed by atoms with Gasteiger partial charge in [-0.2, -0.15) is 0 Å². The normalized spacial score (nSPS) is 22.7. The van der Waals surface area contributed by atoms with Crippen LogP contribution in [0, 0.1) is 5.92 Å². The molecule has 0 N–H and O–H groups in total. The quantitative estimate of drug-likeness (QED) is 0.784. The van der Waals surface area contributed by atoms with Gasteiger partial charge in [0.1, 0.15) is 11.5 Å². The molecule has 2 aliphatic rings. The summed E-state index contributed by atoms with van der Waals surface area (Å²) in [5.41, 5.74) is 0.0859. The van der Waals surface area contributed by atoms with Gasteiger partial charge in [0, 0.05) is 0 Å². The van der Waals surface area contributed by atoms with E-state index in [9.17, 15) is 0 Å². The summed E-state index contributed by atoms with van der Waals surface area (Å²) in [4.78, 5) is 0. The maximum atomic E-state index is 6.17. The van der Waals surface area contributed by atoms with Gasteiger partial charge in [0.25, 0.3) is 0 Å². The average Bonchev–Trinajstić information content (AvgIpc) is 3.23. The lowest BCUT2D eigenvalue weighted by atomic mass is 9.77. The fourth-order valence-corrected chi connectivity index (χ4v) is 2.51. The Hall–Kier alpha value is -1.20. The zero-order valence-electron chi connectivity index (χ0n) is 14.1. The molecule has 22 heavy (non-hydrogen) atoms. The second kappa shape index (κ2) is 5.46. The molecule has 120 valence electrons. The monoisotopic (exact) mass is 304 g/mol. The molecule has 1 saturated carbocycles. The molecule has 0 unspecified atom stereocenters. The Labute approximate surface area is 133 Å². The third-order valence-corrected chi connectivity index (χ3v) is 4.91. The van der Waals surface area contributed by atoms with Gasteiger partial charge in [0.2, 0.25) is 0 Å². The van der Waals surface area contributed by atoms with Crippen molar-refractivity contribution in [2.75, 3.05) is 13.7 Å². The Bertz CT molecular complexity index is 536. The van der Waals surface area contributed by atoms with E-state index in [2.05, 4.69) is 0 Å². The van der Waals surface area contributed by atoms with E-state index in [1.807, 2.05) is 45.9 Å². The smallest absolute Gasteiger partial charge is 0.497 e. The van der Waals surface area contributed by atoms with E-state index >= 15 is 0 Å². The summed E-state index contributed by atoms with van der Waals surface area (Å²) in [6.07, 6.45) is 2.52. The topological polar surface area (TPSA) is 36.9 Å². The van der Waals surface area contributed by atoms with Crippen molar-refractivity contribution in [3.05, 3.63) is 18.2 Å². The zero-order valence-corrected chi connectivity index (χ0v) is 14.1. The van der Waals surface area contributed by atoms with E-state index in [-0.39, 0.29) is 11.2 Å². The summed E-state index contributed by atoms with van der Waals surface area (Å²) in [5.74, 6) is 2.23. The number of methoxy groups -OCH3 is 1. The van der Waals surface area contributed by atoms with E-state index in [0.29, 0.717) is 5.92 Å². The van der Waals surface area contributed by atoms with Gasteiger partial charge < -0.3 is 18.8 Å². The van der Waals surface area contributed by atoms with Gasteiger partial charge in [-0.1, -0.05) is 6.07 Å². The van der Waals surface area contributed by atoms with Crippen LogP contribution in [0.5, 0.6) is 11.5 Å². The van der Waals surface area contributed by atoms with Gasteiger partial charge in [0.15, 0.2) is 0 Å². The second-order valence-corrected chi connectivity index (χ2v) is 7.21. The van der Waals surface area contributed by atoms with Crippen molar-refractivity contribution in [1.29, 1.82) is 0 Å². The molecule has 0 spiro atoms. The highest BCUT2D eigenvalue weighted by atomic mass is 16.7. The molecule has 2 fully saturated rings. The van der Waals surface area contributed by atoms with Crippen LogP contribution < -0.4 is 14.9 Å². The van der Waals surface area contributed by atoms with Crippen molar-refractivity contribution in [2.45, 2.75) is 51.7 Å². The predicted octanol–water partition coefficient (Wildman–Crippen LogP) is 2.78. The molecule has 0 aromatic heterocycles. The highest BCUT2D eigenvalue weighted by molar-refractivity contribution is 6.64. The number of rotatable bonds is 5. The van der Waals surface area contributed by atoms with Crippen LogP contribution in [0.4, 0.5) is 0 Å². The molecular formula is C17H25BO4. The summed E-state index contributed by atoms with van der Waals surface area (Å²) in [6.45, 7) is 8.94. The Morgan fingerprint density at radius 2 is 1.68 bits per heavy atom. The fraction of sp³-hybridized carbons (Fsp3) is 0.647. The van der Waals surface area contributed by atoms with Crippen molar-refractivity contribution >= 4 is 12.6 Å². The largest absolute Gasteiger partial charge is 0.502 e. The molecule has 0 radical (unpaired) electrons. The van der Waals surface area contributed by atoms with Crippen LogP contribution in [0.2, 0.25) is 0 Å². The predicted molar refractivity (Wildman–Crippen MR) is 86.9 cm³/mol. The van der Waals surface area contributed by atoms with Gasteiger partial charge in [-0.3, -0.25) is 0 Å². The molecular weight excluding hydrogens is 279 g/mol. The van der Waals surface area contributed by atoms with Crippen LogP contribution in [0.25, 0.3) is 0 Å². The molecule has 1 aliphatic heterocycles. The number of hydrogen-bond donors (Lipinski definition) is 0. The molecule has 3 rings (SSSR count). The molecule has 1 heterocycles. The molecule has 1 saturated heterocycles. The minimum absolute atomic E-state index is 0.383. The van der Waals surface area contributed by atoms with Crippen molar-refractivity contribution in [1.82, 2.24) is 0 Å². The minimum Gasteiger partial charge on any atom is -0.497 e. The van der Waals surface area contributed by atoms with E-state index in [1.54, 1.807) is 7.11 Å². The van der Waals surface area contributed by atoms with E-state index in [4.69, 9.17) is 18.8 Å². The van der Waals surface area contributed by atoms with Crippen LogP contribution in [0.1, 0.15) is 40.5 Å². The summed E-state index contributed by atoms with van der Waals surface area (Å²) >= 11 is 0. The highest BCUT2D eigenvalue weighted by Gasteiger charge is 2.53. The van der Waals surface area contributed by atoms with Crippen molar-refractivity contribution in [3.63, 3.8) is 0 Å². The standard InChI is InChI=1S/C17H25BO4/c1-16(2)17(3,4)22-18(21-16)15-13(19-5)7-6-8-14(15)20-11-12-9-10-12/h6-8,12H,9-11H2,1-5H3. The van der Waals surface area contributed by atoms with Crippen LogP contribution in [0.15, 0.2) is 18.2 Å². The highest BCUT2D eigenvalue weighted by Crippen LogP contribution is 2.38. The molecule has 1 aliphatic carbocycles. The molecule has 1 aromatic carbocycles. The number of hydrogen-bond acceptors (Lipinski definition) is 4. The molecule has 0 amide bonds. The maximum absolute atomic E-state index is 6.17. The van der Waals surface area contributed by atoms with Gasteiger partial charge in [-0.25, -0.2) is 0 Å². The zero-order chi connectivity index (χ0) is 16.0. The van der Waals surface area contributed by atoms with Crippen molar-refractivity contribution in [2.24, 2.45) is 5.92 Å². The molecule has 4 nitrogen and oxygen atoms in total. The average molecular weight is 304 g/mol. The molecule has 5 heteroatoms. The first-order valence-electron chi connectivity index (χ1n) is 7.99. The lowest BCUT2D eigenvalue weighted by Gasteiger charge is -2.32. The number of ether oxygens (including phenoxy) is 2. The third-order valence-electron chi connectivity index (χ3n) is 4.91. The van der Waals surface area contributed by atoms with E-state index in [0.717, 1.165) is 23.6 Å². The minimum atomic E-state index is -0.477. The Morgan fingerprint density at radius 3 is 2.23 bits per heavy atom. The maximum Gasteiger partial charge on any atom is 0.502 e. The Balaban J connectivity index is 1.90. The number of benzene rings is 1. The van der Waals surface area contributed by atoms with Crippen LogP contribution in [-0.2, 0) is 9.31 Å². The molecule has 1 aromatic rings. The summed E-state index contributed by atoms with van der Waals surface area (Å²) in [5, 5.41) is 0. The first-order valence-corrected chi connectivity index (χ1v) is 7.99. The van der Waals surface area contributed by atoms with Crippen molar-refractivity contribution < 1.29 is 18.8 Å². The van der Waals surface area contributed by atoms with Gasteiger partial charge in [-0.05, 0) is 58.6 Å². The molecule has 0 atom stereocenters. The Morgan fingerprint density at radius 1 is 1.09 bits per heavy atom. The third kappa shape index (κ3) is 2.84. The summed E-state index contributed by atoms with van der Waals surface area (Å²) in [7, 11) is 1.18. The van der Waals surface area contributed by atoms with E-state index in [1.165, 1.54) is 12.8 Å². The second-order valence-electron chi connectivity index (χ2n) is 7.21. The van der Waals surface area contributed by atoms with Gasteiger partial charge in [-0.15, -0.1) is 0 Å². The van der Waals surface area contributed by atoms with Crippen molar-refractivity contribution in [3.8, 4) is 11.5 Å². The van der Waals surface area contributed by atoms with Crippen LogP contribution >= 0.6 is 0 Å². The van der Waals surface area contributed by atoms with Crippen LogP contribution in [0.3, 0.4) is 0 Å². The Kier molecular flexibility index (Phi) is 3.90. The van der Waals surface area contributed by atoms with Gasteiger partial charge >= 0.3 is 7.12 Å². The first kappa shape index (κ1) is 15.7. The molecule has 0 bridgehead atoms. The summed E-state index contributed by atoms with van der Waals surface area (Å²) < 4.78 is 23.9. The van der Waals surface area contributed by atoms with Gasteiger partial charge in [0.05, 0.1) is 30.4 Å². The van der Waals surface area contributed by atoms with Crippen LogP contribution in [-0.4, -0.2) is 32.0 Å². The lowest BCUT2D eigenvalue weighted by Crippen LogP contribution is -2.41. The summed E-state index contributed by atoms with van der Waals surface area (Å²) in [6, 6.07) is 5.82. The SMILES string of the molecule is COc1cccc(OCC2CC2)c1B1OC(C)(C)C(C)(C)O1. The first-order chi connectivity index (χ1) is 10.3. The fourth-order valence-electron chi connectivity index (χ4n) is 2.51. The lowest BCUT2D eigenvalue weighted by molar-refractivity contribution is 0.00578.